The van der Waals surface area contributed by atoms with Crippen LogP contribution in [-0.4, -0.2) is 20.4 Å². The Hall–Kier alpha value is -1.39. The van der Waals surface area contributed by atoms with Crippen LogP contribution in [-0.2, 0) is 12.8 Å². The number of imidazole rings is 1. The molecule has 0 aliphatic rings. The fourth-order valence-corrected chi connectivity index (χ4v) is 3.53. The van der Waals surface area contributed by atoms with Crippen LogP contribution in [0.3, 0.4) is 0 Å². The molecule has 3 rings (SSSR count). The topological polar surface area (TPSA) is 30.7 Å². The van der Waals surface area contributed by atoms with Crippen molar-refractivity contribution >= 4 is 34.1 Å². The Morgan fingerprint density at radius 1 is 1.29 bits per heavy atom. The highest BCUT2D eigenvalue weighted by atomic mass is 35.5. The van der Waals surface area contributed by atoms with Gasteiger partial charge >= 0.3 is 0 Å². The minimum Gasteiger partial charge on any atom is -0.309 e. The molecule has 0 aliphatic carbocycles. The number of aryl methyl sites for hydroxylation is 2. The third-order valence-corrected chi connectivity index (χ3v) is 4.54. The van der Waals surface area contributed by atoms with E-state index in [4.69, 9.17) is 16.6 Å². The highest BCUT2D eigenvalue weighted by Crippen LogP contribution is 2.24. The Bertz CT molecular complexity index is 733. The molecule has 110 valence electrons. The van der Waals surface area contributed by atoms with Crippen molar-refractivity contribution in [3.63, 3.8) is 0 Å². The largest absolute Gasteiger partial charge is 0.309 e. The number of fused-ring (bicyclic) bond motifs is 1. The maximum Gasteiger partial charge on any atom is 0.160 e. The Balaban J connectivity index is 2.05. The highest BCUT2D eigenvalue weighted by molar-refractivity contribution is 7.07. The number of thiophene rings is 1. The lowest BCUT2D eigenvalue weighted by molar-refractivity contribution is 0.535. The van der Waals surface area contributed by atoms with Gasteiger partial charge in [0.2, 0.25) is 0 Å². The lowest BCUT2D eigenvalue weighted by Crippen LogP contribution is -2.13. The van der Waals surface area contributed by atoms with E-state index in [1.807, 2.05) is 19.1 Å². The van der Waals surface area contributed by atoms with Gasteiger partial charge in [-0.15, -0.1) is 11.6 Å². The fraction of sp³-hybridized carbons (Fsp3) is 0.375. The molecule has 0 aliphatic heterocycles. The van der Waals surface area contributed by atoms with Gasteiger partial charge in [0.1, 0.15) is 11.3 Å². The summed E-state index contributed by atoms with van der Waals surface area (Å²) in [6.07, 6.45) is 1.75. The zero-order chi connectivity index (χ0) is 14.8. The van der Waals surface area contributed by atoms with Crippen molar-refractivity contribution in [2.24, 2.45) is 0 Å². The maximum atomic E-state index is 5.94. The van der Waals surface area contributed by atoms with Crippen LogP contribution in [0, 0.1) is 6.92 Å². The summed E-state index contributed by atoms with van der Waals surface area (Å²) in [5, 5.41) is 4.33. The number of hydrogen-bond donors (Lipinski definition) is 0. The van der Waals surface area contributed by atoms with Crippen molar-refractivity contribution in [1.82, 2.24) is 14.5 Å². The number of aromatic nitrogens is 3. The molecule has 1 atom stereocenters. The molecule has 0 saturated heterocycles. The van der Waals surface area contributed by atoms with E-state index in [9.17, 15) is 0 Å². The minimum atomic E-state index is 0.317. The van der Waals surface area contributed by atoms with E-state index in [0.717, 1.165) is 35.5 Å². The van der Waals surface area contributed by atoms with Crippen molar-refractivity contribution in [2.45, 2.75) is 32.7 Å². The van der Waals surface area contributed by atoms with E-state index in [1.54, 1.807) is 11.3 Å². The maximum absolute atomic E-state index is 5.94. The van der Waals surface area contributed by atoms with Crippen LogP contribution in [0.15, 0.2) is 29.0 Å². The molecule has 0 spiro atoms. The molecule has 3 aromatic heterocycles. The normalized spacial score (nSPS) is 12.9. The summed E-state index contributed by atoms with van der Waals surface area (Å²) in [4.78, 5) is 9.40. The molecule has 0 aromatic carbocycles. The molecule has 0 fully saturated rings. The monoisotopic (exact) mass is 319 g/mol. The van der Waals surface area contributed by atoms with Crippen LogP contribution >= 0.6 is 22.9 Å². The first kappa shape index (κ1) is 14.5. The fourth-order valence-electron chi connectivity index (χ4n) is 2.68. The second-order valence-electron chi connectivity index (χ2n) is 5.32. The van der Waals surface area contributed by atoms with Crippen molar-refractivity contribution < 1.29 is 0 Å². The van der Waals surface area contributed by atoms with Gasteiger partial charge < -0.3 is 4.57 Å². The number of nitrogens with zero attached hydrogens (tertiary/aromatic N) is 3. The van der Waals surface area contributed by atoms with Crippen LogP contribution in [0.5, 0.6) is 0 Å². The Labute approximate surface area is 133 Å². The van der Waals surface area contributed by atoms with Crippen LogP contribution < -0.4 is 0 Å². The molecule has 0 N–H and O–H groups in total. The summed E-state index contributed by atoms with van der Waals surface area (Å²) >= 11 is 7.68. The van der Waals surface area contributed by atoms with Gasteiger partial charge in [0.15, 0.2) is 5.65 Å². The average molecular weight is 320 g/mol. The van der Waals surface area contributed by atoms with Crippen molar-refractivity contribution in [2.75, 3.05) is 5.88 Å². The minimum absolute atomic E-state index is 0.317. The molecule has 5 heteroatoms. The molecule has 3 heterocycles. The van der Waals surface area contributed by atoms with Crippen molar-refractivity contribution in [1.29, 1.82) is 0 Å². The SMILES string of the molecule is Cc1ccc2nc(CCCl)n(C(C)Cc3ccsc3)c2n1. The molecule has 0 saturated carbocycles. The van der Waals surface area contributed by atoms with Gasteiger partial charge in [-0.05, 0) is 54.8 Å². The summed E-state index contributed by atoms with van der Waals surface area (Å²) < 4.78 is 2.25. The Morgan fingerprint density at radius 3 is 2.86 bits per heavy atom. The van der Waals surface area contributed by atoms with E-state index < -0.39 is 0 Å². The van der Waals surface area contributed by atoms with E-state index in [0.29, 0.717) is 11.9 Å². The van der Waals surface area contributed by atoms with Gasteiger partial charge in [0, 0.05) is 24.0 Å². The van der Waals surface area contributed by atoms with Gasteiger partial charge in [0.05, 0.1) is 0 Å². The smallest absolute Gasteiger partial charge is 0.160 e. The summed E-state index contributed by atoms with van der Waals surface area (Å²) in [7, 11) is 0. The third-order valence-electron chi connectivity index (χ3n) is 3.62. The summed E-state index contributed by atoms with van der Waals surface area (Å²) in [5.74, 6) is 1.61. The van der Waals surface area contributed by atoms with Gasteiger partial charge in [-0.1, -0.05) is 0 Å². The number of halogens is 1. The summed E-state index contributed by atoms with van der Waals surface area (Å²) in [6.45, 7) is 4.24. The van der Waals surface area contributed by atoms with Crippen LogP contribution in [0.4, 0.5) is 0 Å². The molecular weight excluding hydrogens is 302 g/mol. The average Bonchev–Trinajstić information content (AvgIpc) is 3.06. The molecule has 0 bridgehead atoms. The molecule has 3 aromatic rings. The predicted octanol–water partition coefficient (Wildman–Crippen LogP) is 4.39. The van der Waals surface area contributed by atoms with Crippen molar-refractivity contribution in [3.05, 3.63) is 46.0 Å². The first-order chi connectivity index (χ1) is 10.2. The molecule has 1 unspecified atom stereocenters. The first-order valence-electron chi connectivity index (χ1n) is 7.10. The van der Waals surface area contributed by atoms with Crippen LogP contribution in [0.25, 0.3) is 11.2 Å². The Morgan fingerprint density at radius 2 is 2.14 bits per heavy atom. The lowest BCUT2D eigenvalue weighted by Gasteiger charge is -2.16. The standard InChI is InChI=1S/C16H18ClN3S/c1-11-3-4-14-16(18-11)20(15(19-14)5-7-17)12(2)9-13-6-8-21-10-13/h3-4,6,8,10,12H,5,7,9H2,1-2H3. The number of rotatable bonds is 5. The molecule has 0 amide bonds. The second kappa shape index (κ2) is 6.16. The third kappa shape index (κ3) is 2.97. The predicted molar refractivity (Wildman–Crippen MR) is 89.4 cm³/mol. The number of hydrogen-bond acceptors (Lipinski definition) is 3. The number of pyridine rings is 1. The zero-order valence-corrected chi connectivity index (χ0v) is 13.8. The molecular formula is C16H18ClN3S. The van der Waals surface area contributed by atoms with Crippen LogP contribution in [0.2, 0.25) is 0 Å². The molecule has 21 heavy (non-hydrogen) atoms. The van der Waals surface area contributed by atoms with Gasteiger partial charge in [-0.2, -0.15) is 11.3 Å². The highest BCUT2D eigenvalue weighted by Gasteiger charge is 2.17. The first-order valence-corrected chi connectivity index (χ1v) is 8.58. The number of alkyl halides is 1. The van der Waals surface area contributed by atoms with Crippen molar-refractivity contribution in [3.8, 4) is 0 Å². The summed E-state index contributed by atoms with van der Waals surface area (Å²) in [5.41, 5.74) is 4.30. The van der Waals surface area contributed by atoms with Gasteiger partial charge in [-0.25, -0.2) is 9.97 Å². The Kier molecular flexibility index (Phi) is 4.27. The van der Waals surface area contributed by atoms with Gasteiger partial charge in [-0.3, -0.25) is 0 Å². The van der Waals surface area contributed by atoms with E-state index >= 15 is 0 Å². The second-order valence-corrected chi connectivity index (χ2v) is 6.48. The van der Waals surface area contributed by atoms with Crippen LogP contribution in [0.1, 0.15) is 30.0 Å². The quantitative estimate of drug-likeness (QED) is 0.653. The van der Waals surface area contributed by atoms with E-state index in [2.05, 4.69) is 33.3 Å². The van der Waals surface area contributed by atoms with Gasteiger partial charge in [0.25, 0.3) is 0 Å². The van der Waals surface area contributed by atoms with E-state index in [1.165, 1.54) is 5.56 Å². The lowest BCUT2D eigenvalue weighted by atomic mass is 10.1. The van der Waals surface area contributed by atoms with E-state index in [-0.39, 0.29) is 0 Å². The summed E-state index contributed by atoms with van der Waals surface area (Å²) in [6, 6.07) is 6.55. The zero-order valence-electron chi connectivity index (χ0n) is 12.2. The molecule has 0 radical (unpaired) electrons. The molecule has 3 nitrogen and oxygen atoms in total.